The number of ether oxygens (including phenoxy) is 1. The number of piperidine rings is 1. The van der Waals surface area contributed by atoms with Crippen LogP contribution in [0.5, 0.6) is 0 Å². The van der Waals surface area contributed by atoms with Crippen LogP contribution >= 0.6 is 0 Å². The number of amides is 1. The number of alkyl halides is 3. The summed E-state index contributed by atoms with van der Waals surface area (Å²) >= 11 is 0. The van der Waals surface area contributed by atoms with Gasteiger partial charge in [0.05, 0.1) is 0 Å². The zero-order valence-electron chi connectivity index (χ0n) is 15.8. The van der Waals surface area contributed by atoms with Gasteiger partial charge in [0, 0.05) is 32.4 Å². The summed E-state index contributed by atoms with van der Waals surface area (Å²) in [5.41, 5.74) is -1.47. The van der Waals surface area contributed by atoms with E-state index < -0.39 is 17.5 Å². The van der Waals surface area contributed by atoms with E-state index in [2.05, 4.69) is 9.97 Å². The predicted octanol–water partition coefficient (Wildman–Crippen LogP) is 3.72. The molecule has 3 heterocycles. The monoisotopic (exact) mass is 386 g/mol. The number of rotatable bonds is 1. The molecule has 0 bridgehead atoms. The maximum atomic E-state index is 12.9. The van der Waals surface area contributed by atoms with Gasteiger partial charge in [-0.1, -0.05) is 0 Å². The first-order valence-electron chi connectivity index (χ1n) is 9.11. The third-order valence-corrected chi connectivity index (χ3v) is 5.13. The van der Waals surface area contributed by atoms with Crippen molar-refractivity contribution in [1.29, 1.82) is 0 Å². The first kappa shape index (κ1) is 19.7. The quantitative estimate of drug-likeness (QED) is 0.736. The van der Waals surface area contributed by atoms with Gasteiger partial charge in [-0.15, -0.1) is 0 Å². The fourth-order valence-corrected chi connectivity index (χ4v) is 3.66. The van der Waals surface area contributed by atoms with Crippen molar-refractivity contribution in [2.45, 2.75) is 51.8 Å². The largest absolute Gasteiger partial charge is 0.444 e. The van der Waals surface area contributed by atoms with Crippen molar-refractivity contribution < 1.29 is 22.7 Å². The van der Waals surface area contributed by atoms with Crippen molar-refractivity contribution >= 4 is 12.0 Å². The Morgan fingerprint density at radius 2 is 1.78 bits per heavy atom. The molecule has 2 saturated heterocycles. The number of hydrogen-bond acceptors (Lipinski definition) is 5. The van der Waals surface area contributed by atoms with E-state index in [0.717, 1.165) is 31.5 Å². The summed E-state index contributed by atoms with van der Waals surface area (Å²) in [6.45, 7) is 7.91. The Morgan fingerprint density at radius 1 is 1.15 bits per heavy atom. The molecule has 1 aromatic heterocycles. The molecule has 27 heavy (non-hydrogen) atoms. The number of halogens is 3. The van der Waals surface area contributed by atoms with Gasteiger partial charge in [0.1, 0.15) is 11.3 Å². The zero-order chi connectivity index (χ0) is 19.9. The molecule has 2 aliphatic heterocycles. The van der Waals surface area contributed by atoms with Gasteiger partial charge in [0.15, 0.2) is 0 Å². The maximum Gasteiger partial charge on any atom is 0.433 e. The second-order valence-electron chi connectivity index (χ2n) is 8.38. The van der Waals surface area contributed by atoms with Crippen molar-refractivity contribution in [1.82, 2.24) is 14.9 Å². The predicted molar refractivity (Wildman–Crippen MR) is 93.3 cm³/mol. The highest BCUT2D eigenvalue weighted by atomic mass is 19.4. The highest BCUT2D eigenvalue weighted by molar-refractivity contribution is 5.68. The summed E-state index contributed by atoms with van der Waals surface area (Å²) in [6.07, 6.45) is -1.19. The van der Waals surface area contributed by atoms with E-state index in [0.29, 0.717) is 26.2 Å². The van der Waals surface area contributed by atoms with Crippen LogP contribution in [0.25, 0.3) is 0 Å². The first-order valence-corrected chi connectivity index (χ1v) is 9.11. The molecule has 6 nitrogen and oxygen atoms in total. The second kappa shape index (κ2) is 6.83. The molecule has 1 spiro atoms. The van der Waals surface area contributed by atoms with E-state index in [-0.39, 0.29) is 17.5 Å². The van der Waals surface area contributed by atoms with Gasteiger partial charge in [-0.05, 0) is 51.5 Å². The summed E-state index contributed by atoms with van der Waals surface area (Å²) in [7, 11) is 0. The van der Waals surface area contributed by atoms with Crippen LogP contribution in [0.3, 0.4) is 0 Å². The van der Waals surface area contributed by atoms with Gasteiger partial charge in [0.25, 0.3) is 0 Å². The molecule has 1 aromatic rings. The molecule has 150 valence electrons. The molecule has 0 unspecified atom stereocenters. The molecule has 1 amide bonds. The van der Waals surface area contributed by atoms with Gasteiger partial charge in [-0.2, -0.15) is 13.2 Å². The van der Waals surface area contributed by atoms with Crippen LogP contribution in [0, 0.1) is 5.41 Å². The van der Waals surface area contributed by atoms with E-state index in [4.69, 9.17) is 4.74 Å². The van der Waals surface area contributed by atoms with Gasteiger partial charge in [-0.3, -0.25) is 0 Å². The molecule has 0 aliphatic carbocycles. The smallest absolute Gasteiger partial charge is 0.433 e. The molecule has 0 atom stereocenters. The second-order valence-corrected chi connectivity index (χ2v) is 8.38. The number of likely N-dealkylation sites (tertiary alicyclic amines) is 1. The maximum absolute atomic E-state index is 12.9. The minimum atomic E-state index is -4.48. The lowest BCUT2D eigenvalue weighted by atomic mass is 9.78. The normalized spacial score (nSPS) is 20.2. The van der Waals surface area contributed by atoms with Crippen molar-refractivity contribution in [3.63, 3.8) is 0 Å². The Hall–Kier alpha value is -2.06. The van der Waals surface area contributed by atoms with Crippen LogP contribution < -0.4 is 4.90 Å². The molecule has 0 radical (unpaired) electrons. The number of anilines is 1. The number of nitrogens with zero attached hydrogens (tertiary/aromatic N) is 4. The topological polar surface area (TPSA) is 58.6 Å². The Morgan fingerprint density at radius 3 is 2.37 bits per heavy atom. The summed E-state index contributed by atoms with van der Waals surface area (Å²) in [4.78, 5) is 23.4. The summed E-state index contributed by atoms with van der Waals surface area (Å²) < 4.78 is 44.1. The average Bonchev–Trinajstić information content (AvgIpc) is 2.97. The summed E-state index contributed by atoms with van der Waals surface area (Å²) in [6, 6.07) is 0.884. The minimum absolute atomic E-state index is 0.0177. The van der Waals surface area contributed by atoms with Gasteiger partial charge >= 0.3 is 12.3 Å². The standard InChI is InChI=1S/C18H25F3N4O2/c1-16(2,3)27-15(26)24-9-5-17(6-10-24)7-11-25(12-17)14-22-8-4-13(23-14)18(19,20)21/h4,8H,5-7,9-12H2,1-3H3. The van der Waals surface area contributed by atoms with Crippen molar-refractivity contribution in [2.24, 2.45) is 5.41 Å². The third-order valence-electron chi connectivity index (χ3n) is 5.13. The highest BCUT2D eigenvalue weighted by Gasteiger charge is 2.43. The molecule has 3 rings (SSSR count). The molecule has 0 aromatic carbocycles. The van der Waals surface area contributed by atoms with Crippen LogP contribution in [0.15, 0.2) is 12.3 Å². The van der Waals surface area contributed by atoms with Gasteiger partial charge in [0.2, 0.25) is 5.95 Å². The summed E-state index contributed by atoms with van der Waals surface area (Å²) in [5.74, 6) is 0.122. The molecule has 2 aliphatic rings. The van der Waals surface area contributed by atoms with Crippen LogP contribution in [0.4, 0.5) is 23.9 Å². The van der Waals surface area contributed by atoms with E-state index in [9.17, 15) is 18.0 Å². The van der Waals surface area contributed by atoms with E-state index in [1.165, 1.54) is 0 Å². The van der Waals surface area contributed by atoms with Crippen LogP contribution in [-0.4, -0.2) is 52.7 Å². The number of hydrogen-bond donors (Lipinski definition) is 0. The zero-order valence-corrected chi connectivity index (χ0v) is 15.8. The molecule has 0 N–H and O–H groups in total. The number of carbonyl (C=O) groups excluding carboxylic acids is 1. The van der Waals surface area contributed by atoms with Crippen molar-refractivity contribution in [2.75, 3.05) is 31.1 Å². The number of carbonyl (C=O) groups is 1. The molecule has 0 saturated carbocycles. The molecule has 2 fully saturated rings. The Kier molecular flexibility index (Phi) is 4.98. The highest BCUT2D eigenvalue weighted by Crippen LogP contribution is 2.41. The fraction of sp³-hybridized carbons (Fsp3) is 0.722. The van der Waals surface area contributed by atoms with Crippen LogP contribution in [-0.2, 0) is 10.9 Å². The van der Waals surface area contributed by atoms with Crippen molar-refractivity contribution in [3.05, 3.63) is 18.0 Å². The van der Waals surface area contributed by atoms with E-state index >= 15 is 0 Å². The summed E-state index contributed by atoms with van der Waals surface area (Å²) in [5, 5.41) is 0. The Balaban J connectivity index is 1.61. The van der Waals surface area contributed by atoms with Crippen LogP contribution in [0.1, 0.15) is 45.7 Å². The fourth-order valence-electron chi connectivity index (χ4n) is 3.66. The molecular formula is C18H25F3N4O2. The van der Waals surface area contributed by atoms with Crippen molar-refractivity contribution in [3.8, 4) is 0 Å². The molecule has 9 heteroatoms. The minimum Gasteiger partial charge on any atom is -0.444 e. The van der Waals surface area contributed by atoms with Gasteiger partial charge < -0.3 is 14.5 Å². The SMILES string of the molecule is CC(C)(C)OC(=O)N1CCC2(CC1)CCN(c1nccc(C(F)(F)F)n1)C2. The van der Waals surface area contributed by atoms with Crippen LogP contribution in [0.2, 0.25) is 0 Å². The Labute approximate surface area is 156 Å². The number of aromatic nitrogens is 2. The third kappa shape index (κ3) is 4.62. The van der Waals surface area contributed by atoms with Gasteiger partial charge in [-0.25, -0.2) is 14.8 Å². The van der Waals surface area contributed by atoms with E-state index in [1.807, 2.05) is 25.7 Å². The lowest BCUT2D eigenvalue weighted by Gasteiger charge is -2.39. The molecular weight excluding hydrogens is 361 g/mol. The lowest BCUT2D eigenvalue weighted by Crippen LogP contribution is -2.46. The van der Waals surface area contributed by atoms with E-state index in [1.54, 1.807) is 4.90 Å². The lowest BCUT2D eigenvalue weighted by molar-refractivity contribution is -0.141. The average molecular weight is 386 g/mol. The first-order chi connectivity index (χ1) is 12.5. The Bertz CT molecular complexity index is 695.